The molecule has 7 nitrogen and oxygen atoms in total. The molecule has 3 aromatic carbocycles. The van der Waals surface area contributed by atoms with Gasteiger partial charge in [0.05, 0.1) is 17.3 Å². The summed E-state index contributed by atoms with van der Waals surface area (Å²) in [5.41, 5.74) is 3.33. The van der Waals surface area contributed by atoms with Crippen LogP contribution in [-0.4, -0.2) is 74.8 Å². The van der Waals surface area contributed by atoms with E-state index in [4.69, 9.17) is 16.3 Å². The number of carbonyl (C=O) groups excluding carboxylic acids is 1. The summed E-state index contributed by atoms with van der Waals surface area (Å²) in [5, 5.41) is 11.0. The van der Waals surface area contributed by atoms with Crippen LogP contribution in [0.3, 0.4) is 0 Å². The smallest absolute Gasteiger partial charge is 0.416 e. The van der Waals surface area contributed by atoms with Gasteiger partial charge in [0, 0.05) is 56.9 Å². The summed E-state index contributed by atoms with van der Waals surface area (Å²) in [5.74, 6) is 0.429. The zero-order chi connectivity index (χ0) is 31.4. The number of anilines is 1. The van der Waals surface area contributed by atoms with Crippen LogP contribution >= 0.6 is 11.6 Å². The Hall–Kier alpha value is -3.31. The van der Waals surface area contributed by atoms with E-state index >= 15 is 0 Å². The van der Waals surface area contributed by atoms with Crippen molar-refractivity contribution in [3.8, 4) is 5.75 Å². The molecule has 0 spiro atoms. The Kier molecular flexibility index (Phi) is 9.84. The molecule has 3 atom stereocenters. The van der Waals surface area contributed by atoms with E-state index in [9.17, 15) is 18.0 Å². The highest BCUT2D eigenvalue weighted by atomic mass is 35.5. The lowest BCUT2D eigenvalue weighted by Gasteiger charge is -2.39. The van der Waals surface area contributed by atoms with Crippen LogP contribution < -0.4 is 25.6 Å². The molecule has 3 aliphatic rings. The van der Waals surface area contributed by atoms with E-state index in [0.29, 0.717) is 62.1 Å². The van der Waals surface area contributed by atoms with E-state index in [1.54, 1.807) is 0 Å². The minimum atomic E-state index is -4.46. The van der Waals surface area contributed by atoms with Gasteiger partial charge in [0.25, 0.3) is 0 Å². The van der Waals surface area contributed by atoms with Crippen LogP contribution in [0.4, 0.5) is 18.9 Å². The zero-order valence-corrected chi connectivity index (χ0v) is 25.8. The second-order valence-corrected chi connectivity index (χ2v) is 12.5. The van der Waals surface area contributed by atoms with Gasteiger partial charge in [-0.15, -0.1) is 0 Å². The molecule has 0 radical (unpaired) electrons. The summed E-state index contributed by atoms with van der Waals surface area (Å²) >= 11 is 6.12. The number of fused-ring (bicyclic) bond motifs is 1. The number of alkyl halides is 3. The normalized spacial score (nSPS) is 21.0. The molecule has 2 saturated heterocycles. The lowest BCUT2D eigenvalue weighted by Crippen LogP contribution is -2.56. The molecule has 0 aromatic heterocycles. The highest BCUT2D eigenvalue weighted by molar-refractivity contribution is 6.30. The van der Waals surface area contributed by atoms with Gasteiger partial charge in [-0.1, -0.05) is 48.0 Å². The molecule has 0 saturated carbocycles. The third-order valence-corrected chi connectivity index (χ3v) is 9.21. The molecule has 2 fully saturated rings. The predicted molar refractivity (Wildman–Crippen MR) is 170 cm³/mol. The molecule has 11 heteroatoms. The third kappa shape index (κ3) is 7.92. The average Bonchev–Trinajstić information content (AvgIpc) is 3.56. The Morgan fingerprint density at radius 2 is 1.78 bits per heavy atom. The number of hydrogen-bond donors (Lipinski definition) is 3. The van der Waals surface area contributed by atoms with Crippen molar-refractivity contribution in [1.82, 2.24) is 20.9 Å². The zero-order valence-electron chi connectivity index (χ0n) is 25.1. The summed E-state index contributed by atoms with van der Waals surface area (Å²) in [6.45, 7) is 4.49. The maximum absolute atomic E-state index is 14.0. The maximum atomic E-state index is 14.0. The summed E-state index contributed by atoms with van der Waals surface area (Å²) < 4.78 is 47.2. The minimum Gasteiger partial charge on any atom is -0.487 e. The van der Waals surface area contributed by atoms with Gasteiger partial charge in [-0.25, -0.2) is 0 Å². The molecule has 240 valence electrons. The Labute approximate surface area is 267 Å². The van der Waals surface area contributed by atoms with E-state index in [0.717, 1.165) is 37.6 Å². The molecule has 3 aromatic rings. The highest BCUT2D eigenvalue weighted by Gasteiger charge is 2.34. The SMILES string of the molecule is O=C(C(Cc1ccc(Cl)cc1)NCC1Cc2ccccc2CN1)N1CCN(c2cc(C(F)(F)F)ccc2O[C@H]2CCNC2)CC1. The van der Waals surface area contributed by atoms with E-state index in [2.05, 4.69) is 34.1 Å². The monoisotopic (exact) mass is 641 g/mol. The predicted octanol–water partition coefficient (Wildman–Crippen LogP) is 4.66. The largest absolute Gasteiger partial charge is 0.487 e. The Morgan fingerprint density at radius 3 is 2.49 bits per heavy atom. The fraction of sp³-hybridized carbons (Fsp3) is 0.441. The molecule has 3 N–H and O–H groups in total. The molecule has 45 heavy (non-hydrogen) atoms. The summed E-state index contributed by atoms with van der Waals surface area (Å²) in [6, 6.07) is 19.3. The van der Waals surface area contributed by atoms with Gasteiger partial charge in [-0.05, 0) is 72.8 Å². The number of nitrogens with zero attached hydrogens (tertiary/aromatic N) is 2. The van der Waals surface area contributed by atoms with E-state index in [1.807, 2.05) is 40.1 Å². The lowest BCUT2D eigenvalue weighted by molar-refractivity contribution is -0.137. The molecule has 0 bridgehead atoms. The van der Waals surface area contributed by atoms with E-state index < -0.39 is 17.8 Å². The summed E-state index contributed by atoms with van der Waals surface area (Å²) in [6.07, 6.45) is -2.37. The first-order chi connectivity index (χ1) is 21.7. The van der Waals surface area contributed by atoms with Gasteiger partial charge < -0.3 is 30.5 Å². The molecule has 6 rings (SSSR count). The highest BCUT2D eigenvalue weighted by Crippen LogP contribution is 2.38. The van der Waals surface area contributed by atoms with Crippen molar-refractivity contribution in [2.24, 2.45) is 0 Å². The molecule has 3 heterocycles. The number of benzene rings is 3. The second kappa shape index (κ2) is 14.0. The maximum Gasteiger partial charge on any atom is 0.416 e. The van der Waals surface area contributed by atoms with Crippen molar-refractivity contribution in [1.29, 1.82) is 0 Å². The number of hydrogen-bond acceptors (Lipinski definition) is 6. The van der Waals surface area contributed by atoms with Gasteiger partial charge >= 0.3 is 6.18 Å². The van der Waals surface area contributed by atoms with Gasteiger partial charge in [0.1, 0.15) is 11.9 Å². The van der Waals surface area contributed by atoms with Crippen LogP contribution in [0.15, 0.2) is 66.7 Å². The number of rotatable bonds is 9. The van der Waals surface area contributed by atoms with E-state index in [-0.39, 0.29) is 18.1 Å². The van der Waals surface area contributed by atoms with Gasteiger partial charge in [0.15, 0.2) is 0 Å². The Morgan fingerprint density at radius 1 is 1.02 bits per heavy atom. The first kappa shape index (κ1) is 31.7. The number of ether oxygens (including phenoxy) is 1. The molecular formula is C34H39ClF3N5O2. The first-order valence-electron chi connectivity index (χ1n) is 15.6. The van der Waals surface area contributed by atoms with Crippen LogP contribution in [0.25, 0.3) is 0 Å². The van der Waals surface area contributed by atoms with Gasteiger partial charge in [-0.2, -0.15) is 13.2 Å². The lowest BCUT2D eigenvalue weighted by atomic mass is 9.95. The van der Waals surface area contributed by atoms with Crippen LogP contribution in [0.5, 0.6) is 5.75 Å². The van der Waals surface area contributed by atoms with Crippen LogP contribution in [0.2, 0.25) is 5.02 Å². The number of amides is 1. The minimum absolute atomic E-state index is 0.0154. The van der Waals surface area contributed by atoms with E-state index in [1.165, 1.54) is 23.3 Å². The molecule has 2 unspecified atom stereocenters. The molecular weight excluding hydrogens is 603 g/mol. The second-order valence-electron chi connectivity index (χ2n) is 12.1. The average molecular weight is 642 g/mol. The Bertz CT molecular complexity index is 1460. The standard InChI is InChI=1S/C34H39ClF3N5O2/c35-27-8-5-23(6-9-27)17-30(41-21-28-18-24-3-1-2-4-25(24)20-40-28)33(44)43-15-13-42(14-16-43)31-19-26(34(36,37)38)7-10-32(31)45-29-11-12-39-22-29/h1-10,19,28-30,39-41H,11-18,20-22H2/t28?,29-,30?/m0/s1. The Balaban J connectivity index is 1.14. The number of piperazine rings is 1. The quantitative estimate of drug-likeness (QED) is 0.316. The summed E-state index contributed by atoms with van der Waals surface area (Å²) in [7, 11) is 0. The summed E-state index contributed by atoms with van der Waals surface area (Å²) in [4.78, 5) is 17.7. The van der Waals surface area contributed by atoms with Crippen LogP contribution in [-0.2, 0) is 30.4 Å². The first-order valence-corrected chi connectivity index (χ1v) is 16.0. The number of carbonyl (C=O) groups is 1. The number of halogens is 4. The van der Waals surface area contributed by atoms with Crippen molar-refractivity contribution < 1.29 is 22.7 Å². The van der Waals surface area contributed by atoms with Crippen LogP contribution in [0.1, 0.15) is 28.7 Å². The molecule has 0 aliphatic carbocycles. The van der Waals surface area contributed by atoms with Crippen LogP contribution in [0, 0.1) is 0 Å². The van der Waals surface area contributed by atoms with Crippen molar-refractivity contribution in [3.05, 3.63) is 94.0 Å². The van der Waals surface area contributed by atoms with Gasteiger partial charge in [-0.3, -0.25) is 4.79 Å². The van der Waals surface area contributed by atoms with Crippen molar-refractivity contribution in [3.63, 3.8) is 0 Å². The van der Waals surface area contributed by atoms with Gasteiger partial charge in [0.2, 0.25) is 5.91 Å². The van der Waals surface area contributed by atoms with Crippen molar-refractivity contribution >= 4 is 23.2 Å². The fourth-order valence-electron chi connectivity index (χ4n) is 6.39. The van der Waals surface area contributed by atoms with Crippen molar-refractivity contribution in [2.45, 2.75) is 50.2 Å². The topological polar surface area (TPSA) is 68.9 Å². The molecule has 1 amide bonds. The molecule has 3 aliphatic heterocycles. The fourth-order valence-corrected chi connectivity index (χ4v) is 6.52. The number of nitrogens with one attached hydrogen (secondary N) is 3. The third-order valence-electron chi connectivity index (χ3n) is 8.95. The van der Waals surface area contributed by atoms with Crippen molar-refractivity contribution in [2.75, 3.05) is 50.7 Å².